The molecule has 636 valence electrons. The zero-order valence-corrected chi connectivity index (χ0v) is 73.6. The highest BCUT2D eigenvalue weighted by molar-refractivity contribution is 6.32. The molecule has 121 heavy (non-hydrogen) atoms. The number of methoxy groups -OCH3 is 5. The van der Waals surface area contributed by atoms with Crippen molar-refractivity contribution in [3.63, 3.8) is 0 Å². The number of amides is 5. The summed E-state index contributed by atoms with van der Waals surface area (Å²) in [6.07, 6.45) is 8.75. The number of carbonyl (C=O) groups excluding carboxylic acids is 5. The number of ether oxygens (including phenoxy) is 6. The Bertz CT molecular complexity index is 4790. The van der Waals surface area contributed by atoms with Crippen LogP contribution in [-0.4, -0.2) is 179 Å². The summed E-state index contributed by atoms with van der Waals surface area (Å²) in [5.74, 6) is 1.11. The zero-order chi connectivity index (χ0) is 85.7. The number of carbonyl (C=O) groups is 5. The predicted molar refractivity (Wildman–Crippen MR) is 485 cm³/mol. The molecular formula is C99H108Cl5N5O12. The maximum Gasteiger partial charge on any atom is 0.254 e. The van der Waals surface area contributed by atoms with Crippen LogP contribution in [0.15, 0.2) is 212 Å². The Morgan fingerprint density at radius 3 is 0.736 bits per heavy atom. The lowest BCUT2D eigenvalue weighted by Gasteiger charge is -2.30. The molecule has 5 heterocycles. The number of aliphatic hydroxyl groups is 1. The van der Waals surface area contributed by atoms with Crippen molar-refractivity contribution in [3.8, 4) is 55.6 Å². The minimum atomic E-state index is -0.291. The monoisotopic (exact) mass is 1730 g/mol. The van der Waals surface area contributed by atoms with Crippen molar-refractivity contribution in [1.29, 1.82) is 0 Å². The van der Waals surface area contributed by atoms with Crippen LogP contribution in [0.5, 0.6) is 0 Å². The lowest BCUT2D eigenvalue weighted by atomic mass is 9.96. The van der Waals surface area contributed by atoms with Crippen molar-refractivity contribution in [3.05, 3.63) is 293 Å². The van der Waals surface area contributed by atoms with Gasteiger partial charge in [0.05, 0.1) is 52.4 Å². The molecule has 0 bridgehead atoms. The number of nitrogens with zero attached hydrogens (tertiary/aromatic N) is 5. The standard InChI is InChI=1S/C21H24ClNO2.C20H22ClNO3.C20H22ClNO2.C19H20ClNO3.C19H20ClNO2/c1-15-9-11-23(12-10-15)21(24)17-5-8-20(18(13-17)14-25-2)16-3-6-19(22)7-4-16;1-25-13-16-12-15(20(24)22-10-8-18(23)9-11-22)4-7-19(16)14-2-5-17(21)6-3-14;1-24-14-17-13-16(20(23)22-11-3-2-4-12-22)7-10-19(17)15-5-8-18(21)9-6-15;1-23-13-16-12-15(19(22)21-8-10-24-11-9-21)4-7-18(16)14-2-5-17(20)6-3-14;1-23-13-16-12-15(19(22)21-10-2-3-11-21)6-9-18(16)14-4-7-17(20)8-5-14/h3-8,13,15H,9-12,14H2,1-2H3;2-7,12,18,23H,8-11,13H2,1H3;5-10,13H,2-4,11-12,14H2,1H3;2-7,12H,8-11,13H2,1H3;4-9,12H,2-3,10-11,13H2,1H3. The van der Waals surface area contributed by atoms with E-state index >= 15 is 0 Å². The molecular weight excluding hydrogens is 1630 g/mol. The van der Waals surface area contributed by atoms with Gasteiger partial charge < -0.3 is 58.0 Å². The van der Waals surface area contributed by atoms with E-state index in [9.17, 15) is 29.1 Å². The summed E-state index contributed by atoms with van der Waals surface area (Å²) in [4.78, 5) is 73.0. The maximum absolute atomic E-state index is 12.8. The second-order valence-electron chi connectivity index (χ2n) is 30.8. The molecule has 5 amide bonds. The van der Waals surface area contributed by atoms with E-state index in [4.69, 9.17) is 86.4 Å². The molecule has 10 aromatic rings. The molecule has 1 N–H and O–H groups in total. The Morgan fingerprint density at radius 1 is 0.298 bits per heavy atom. The van der Waals surface area contributed by atoms with Gasteiger partial charge in [0.15, 0.2) is 0 Å². The molecule has 0 unspecified atom stereocenters. The van der Waals surface area contributed by atoms with Gasteiger partial charge in [-0.1, -0.05) is 156 Å². The first-order valence-electron chi connectivity index (χ1n) is 41.3. The van der Waals surface area contributed by atoms with Gasteiger partial charge in [0.2, 0.25) is 0 Å². The van der Waals surface area contributed by atoms with Crippen molar-refractivity contribution < 1.29 is 57.5 Å². The Labute approximate surface area is 737 Å². The number of rotatable bonds is 20. The van der Waals surface area contributed by atoms with Gasteiger partial charge in [-0.3, -0.25) is 24.0 Å². The molecule has 5 saturated heterocycles. The normalized spacial score (nSPS) is 14.9. The number of hydrogen-bond acceptors (Lipinski definition) is 12. The zero-order valence-electron chi connectivity index (χ0n) is 69.8. The Kier molecular flexibility index (Phi) is 35.8. The van der Waals surface area contributed by atoms with E-state index in [1.54, 1.807) is 40.4 Å². The highest BCUT2D eigenvalue weighted by Gasteiger charge is 2.28. The maximum atomic E-state index is 12.8. The molecule has 5 aliphatic heterocycles. The molecule has 22 heteroatoms. The van der Waals surface area contributed by atoms with Gasteiger partial charge in [0.1, 0.15) is 0 Å². The first kappa shape index (κ1) is 92.4. The van der Waals surface area contributed by atoms with Crippen LogP contribution in [0.3, 0.4) is 0 Å². The molecule has 17 nitrogen and oxygen atoms in total. The van der Waals surface area contributed by atoms with Crippen LogP contribution < -0.4 is 0 Å². The number of piperidine rings is 3. The first-order chi connectivity index (χ1) is 58.7. The van der Waals surface area contributed by atoms with Crippen molar-refractivity contribution in [1.82, 2.24) is 24.5 Å². The summed E-state index contributed by atoms with van der Waals surface area (Å²) in [6, 6.07) is 67.6. The molecule has 5 aliphatic rings. The van der Waals surface area contributed by atoms with Gasteiger partial charge >= 0.3 is 0 Å². The van der Waals surface area contributed by atoms with Crippen LogP contribution >= 0.6 is 58.0 Å². The SMILES string of the molecule is COCc1cc(C(=O)N2CCC(C)CC2)ccc1-c1ccc(Cl)cc1.COCc1cc(C(=O)N2CCC(O)CC2)ccc1-c1ccc(Cl)cc1.COCc1cc(C(=O)N2CCCC2)ccc1-c1ccc(Cl)cc1.COCc1cc(C(=O)N2CCCCC2)ccc1-c1ccc(Cl)cc1.COCc1cc(C(=O)N2CCOCC2)ccc1-c1ccc(Cl)cc1. The highest BCUT2D eigenvalue weighted by atomic mass is 35.5. The van der Waals surface area contributed by atoms with Gasteiger partial charge in [-0.2, -0.15) is 0 Å². The van der Waals surface area contributed by atoms with Crippen LogP contribution in [0.2, 0.25) is 25.1 Å². The summed E-state index contributed by atoms with van der Waals surface area (Å²) in [5, 5.41) is 13.1. The third-order valence-corrected chi connectivity index (χ3v) is 23.5. The van der Waals surface area contributed by atoms with Crippen LogP contribution in [0, 0.1) is 5.92 Å². The average molecular weight is 1740 g/mol. The van der Waals surface area contributed by atoms with Crippen molar-refractivity contribution in [2.24, 2.45) is 5.92 Å². The fraction of sp³-hybridized carbons (Fsp3) is 0.343. The predicted octanol–water partition coefficient (Wildman–Crippen LogP) is 21.6. The molecule has 0 aliphatic carbocycles. The Balaban J connectivity index is 0.000000148. The summed E-state index contributed by atoms with van der Waals surface area (Å²) in [7, 11) is 8.31. The minimum absolute atomic E-state index is 0.00640. The van der Waals surface area contributed by atoms with E-state index in [1.165, 1.54) is 6.42 Å². The average Bonchev–Trinajstić information content (AvgIpc) is 1.11. The lowest BCUT2D eigenvalue weighted by Crippen LogP contribution is -2.40. The smallest absolute Gasteiger partial charge is 0.254 e. The summed E-state index contributed by atoms with van der Waals surface area (Å²) >= 11 is 29.9. The van der Waals surface area contributed by atoms with E-state index in [2.05, 4.69) is 6.92 Å². The number of aliphatic hydroxyl groups excluding tert-OH is 1. The molecule has 0 saturated carbocycles. The Morgan fingerprint density at radius 2 is 0.504 bits per heavy atom. The van der Waals surface area contributed by atoms with Gasteiger partial charge in [0.25, 0.3) is 29.5 Å². The van der Waals surface area contributed by atoms with Gasteiger partial charge in [-0.25, -0.2) is 0 Å². The number of halogens is 5. The van der Waals surface area contributed by atoms with Gasteiger partial charge in [-0.05, 0) is 268 Å². The molecule has 0 atom stereocenters. The van der Waals surface area contributed by atoms with E-state index < -0.39 is 0 Å². The molecule has 10 aromatic carbocycles. The van der Waals surface area contributed by atoms with Crippen molar-refractivity contribution in [2.75, 3.05) is 114 Å². The number of morpholine rings is 1. The fourth-order valence-electron chi connectivity index (χ4n) is 15.5. The quantitative estimate of drug-likeness (QED) is 0.0765. The van der Waals surface area contributed by atoms with Crippen LogP contribution in [-0.2, 0) is 61.5 Å². The van der Waals surface area contributed by atoms with Crippen molar-refractivity contribution in [2.45, 2.75) is 104 Å². The van der Waals surface area contributed by atoms with E-state index in [1.807, 2.05) is 232 Å². The van der Waals surface area contributed by atoms with E-state index in [-0.39, 0.29) is 35.6 Å². The van der Waals surface area contributed by atoms with Gasteiger partial charge in [-0.15, -0.1) is 0 Å². The van der Waals surface area contributed by atoms with Crippen LogP contribution in [0.4, 0.5) is 0 Å². The number of likely N-dealkylation sites (tertiary alicyclic amines) is 4. The molecule has 15 rings (SSSR count). The minimum Gasteiger partial charge on any atom is -0.393 e. The third kappa shape index (κ3) is 26.1. The lowest BCUT2D eigenvalue weighted by molar-refractivity contribution is 0.0302. The fourth-order valence-corrected chi connectivity index (χ4v) is 16.2. The molecule has 0 aromatic heterocycles. The third-order valence-electron chi connectivity index (χ3n) is 22.2. The molecule has 0 radical (unpaired) electrons. The van der Waals surface area contributed by atoms with E-state index in [0.717, 1.165) is 178 Å². The largest absolute Gasteiger partial charge is 0.393 e. The number of hydrogen-bond donors (Lipinski definition) is 1. The second kappa shape index (κ2) is 46.8. The summed E-state index contributed by atoms with van der Waals surface area (Å²) < 4.78 is 32.0. The molecule has 5 fully saturated rings. The van der Waals surface area contributed by atoms with Crippen LogP contribution in [0.25, 0.3) is 55.6 Å². The molecule has 0 spiro atoms. The Hall–Kier alpha value is -9.28. The highest BCUT2D eigenvalue weighted by Crippen LogP contribution is 2.35. The summed E-state index contributed by atoms with van der Waals surface area (Å²) in [5.41, 5.74) is 19.1. The second-order valence-corrected chi connectivity index (χ2v) is 33.0. The van der Waals surface area contributed by atoms with Gasteiger partial charge in [0, 0.05) is 154 Å². The van der Waals surface area contributed by atoms with Crippen LogP contribution in [0.1, 0.15) is 144 Å². The summed E-state index contributed by atoms with van der Waals surface area (Å²) in [6.45, 7) is 13.3. The topological polar surface area (TPSA) is 177 Å². The first-order valence-corrected chi connectivity index (χ1v) is 43.2. The van der Waals surface area contributed by atoms with E-state index in [0.29, 0.717) is 127 Å². The number of benzene rings is 10. The van der Waals surface area contributed by atoms with Crippen molar-refractivity contribution >= 4 is 87.5 Å².